The first-order chi connectivity index (χ1) is 10.1. The van der Waals surface area contributed by atoms with E-state index in [1.165, 1.54) is 31.0 Å². The lowest BCUT2D eigenvalue weighted by Crippen LogP contribution is -2.39. The highest BCUT2D eigenvalue weighted by Gasteiger charge is 2.39. The average Bonchev–Trinajstić information content (AvgIpc) is 2.90. The minimum atomic E-state index is -0.500. The molecule has 1 aromatic rings. The summed E-state index contributed by atoms with van der Waals surface area (Å²) in [6.07, 6.45) is 5.62. The zero-order valence-electron chi connectivity index (χ0n) is 11.6. The zero-order chi connectivity index (χ0) is 15.0. The van der Waals surface area contributed by atoms with E-state index in [2.05, 4.69) is 0 Å². The number of benzene rings is 1. The van der Waals surface area contributed by atoms with Crippen LogP contribution in [0.4, 0.5) is 5.69 Å². The van der Waals surface area contributed by atoms with Gasteiger partial charge in [0.05, 0.1) is 15.5 Å². The van der Waals surface area contributed by atoms with Crippen molar-refractivity contribution in [3.05, 3.63) is 38.9 Å². The quantitative estimate of drug-likeness (QED) is 0.619. The van der Waals surface area contributed by atoms with Crippen molar-refractivity contribution in [2.45, 2.75) is 38.1 Å². The third-order valence-corrected chi connectivity index (χ3v) is 4.99. The first kappa shape index (κ1) is 14.3. The smallest absolute Gasteiger partial charge is 0.270 e. The number of non-ortho nitro benzene ring substituents is 1. The fourth-order valence-corrected chi connectivity index (χ4v) is 3.80. The predicted octanol–water partition coefficient (Wildman–Crippen LogP) is 3.65. The lowest BCUT2D eigenvalue weighted by molar-refractivity contribution is -0.384. The molecule has 1 amide bonds. The van der Waals surface area contributed by atoms with Gasteiger partial charge < -0.3 is 4.90 Å². The van der Waals surface area contributed by atoms with Crippen molar-refractivity contribution in [3.8, 4) is 0 Å². The van der Waals surface area contributed by atoms with Crippen molar-refractivity contribution >= 4 is 23.2 Å². The van der Waals surface area contributed by atoms with Crippen molar-refractivity contribution < 1.29 is 9.72 Å². The van der Waals surface area contributed by atoms with Gasteiger partial charge in [-0.1, -0.05) is 24.4 Å². The molecule has 0 radical (unpaired) electrons. The molecule has 1 aliphatic heterocycles. The molecule has 1 aliphatic carbocycles. The largest absolute Gasteiger partial charge is 0.335 e. The number of nitrogens with zero attached hydrogens (tertiary/aromatic N) is 2. The molecule has 2 aliphatic rings. The van der Waals surface area contributed by atoms with E-state index in [9.17, 15) is 14.9 Å². The standard InChI is InChI=1S/C15H17ClN2O3/c16-13-6-5-11(18(20)21)9-12(13)15(19)17-8-7-10-3-1-2-4-14(10)17/h5-6,9-10,14H,1-4,7-8H2. The number of carbonyl (C=O) groups excluding carboxylic acids is 1. The van der Waals surface area contributed by atoms with Crippen LogP contribution in [0.15, 0.2) is 18.2 Å². The Morgan fingerprint density at radius 1 is 1.29 bits per heavy atom. The Bertz CT molecular complexity index is 590. The molecule has 1 heterocycles. The van der Waals surface area contributed by atoms with E-state index in [1.54, 1.807) is 0 Å². The molecule has 2 unspecified atom stereocenters. The van der Waals surface area contributed by atoms with E-state index in [4.69, 9.17) is 11.6 Å². The number of fused-ring (bicyclic) bond motifs is 1. The highest BCUT2D eigenvalue weighted by atomic mass is 35.5. The number of nitro groups is 1. The second kappa shape index (κ2) is 5.64. The van der Waals surface area contributed by atoms with Crippen LogP contribution in [0.2, 0.25) is 5.02 Å². The van der Waals surface area contributed by atoms with Gasteiger partial charge in [-0.25, -0.2) is 0 Å². The van der Waals surface area contributed by atoms with Gasteiger partial charge >= 0.3 is 0 Å². The summed E-state index contributed by atoms with van der Waals surface area (Å²) >= 11 is 6.08. The first-order valence-electron chi connectivity index (χ1n) is 7.33. The molecule has 0 bridgehead atoms. The van der Waals surface area contributed by atoms with Gasteiger partial charge in [0, 0.05) is 24.7 Å². The van der Waals surface area contributed by atoms with E-state index in [0.29, 0.717) is 5.92 Å². The minimum Gasteiger partial charge on any atom is -0.335 e. The highest BCUT2D eigenvalue weighted by molar-refractivity contribution is 6.34. The van der Waals surface area contributed by atoms with E-state index in [1.807, 2.05) is 4.90 Å². The molecule has 6 heteroatoms. The van der Waals surface area contributed by atoms with Crippen molar-refractivity contribution in [1.29, 1.82) is 0 Å². The van der Waals surface area contributed by atoms with Crippen LogP contribution in [0.1, 0.15) is 42.5 Å². The molecule has 0 aromatic heterocycles. The van der Waals surface area contributed by atoms with E-state index >= 15 is 0 Å². The Hall–Kier alpha value is -1.62. The van der Waals surface area contributed by atoms with E-state index in [0.717, 1.165) is 25.8 Å². The van der Waals surface area contributed by atoms with Crippen LogP contribution in [0.5, 0.6) is 0 Å². The molecule has 0 N–H and O–H groups in total. The maximum atomic E-state index is 12.7. The second-order valence-electron chi connectivity index (χ2n) is 5.82. The summed E-state index contributed by atoms with van der Waals surface area (Å²) in [5.74, 6) is 0.415. The molecule has 0 spiro atoms. The van der Waals surface area contributed by atoms with Crippen LogP contribution < -0.4 is 0 Å². The third-order valence-electron chi connectivity index (χ3n) is 4.66. The number of amides is 1. The normalized spacial score (nSPS) is 24.7. The average molecular weight is 309 g/mol. The molecule has 2 fully saturated rings. The lowest BCUT2D eigenvalue weighted by atomic mass is 9.85. The topological polar surface area (TPSA) is 63.4 Å². The van der Waals surface area contributed by atoms with Crippen molar-refractivity contribution in [1.82, 2.24) is 4.90 Å². The van der Waals surface area contributed by atoms with E-state index < -0.39 is 4.92 Å². The Morgan fingerprint density at radius 3 is 2.81 bits per heavy atom. The van der Waals surface area contributed by atoms with Crippen molar-refractivity contribution in [2.24, 2.45) is 5.92 Å². The molecule has 21 heavy (non-hydrogen) atoms. The van der Waals surface area contributed by atoms with Crippen LogP contribution in [0.25, 0.3) is 0 Å². The highest BCUT2D eigenvalue weighted by Crippen LogP contribution is 2.37. The number of hydrogen-bond donors (Lipinski definition) is 0. The number of hydrogen-bond acceptors (Lipinski definition) is 3. The van der Waals surface area contributed by atoms with Gasteiger partial charge in [0.2, 0.25) is 0 Å². The predicted molar refractivity (Wildman–Crippen MR) is 79.5 cm³/mol. The molecule has 2 atom stereocenters. The van der Waals surface area contributed by atoms with Gasteiger partial charge in [-0.3, -0.25) is 14.9 Å². The fraction of sp³-hybridized carbons (Fsp3) is 0.533. The summed E-state index contributed by atoms with van der Waals surface area (Å²) in [5, 5.41) is 11.2. The number of nitro benzene ring substituents is 1. The fourth-order valence-electron chi connectivity index (χ4n) is 3.60. The molecule has 1 aromatic carbocycles. The third kappa shape index (κ3) is 2.62. The Kier molecular flexibility index (Phi) is 3.85. The van der Waals surface area contributed by atoms with Gasteiger partial charge in [0.25, 0.3) is 11.6 Å². The summed E-state index contributed by atoms with van der Waals surface area (Å²) in [6.45, 7) is 0.729. The van der Waals surface area contributed by atoms with Crippen LogP contribution >= 0.6 is 11.6 Å². The molecule has 112 valence electrons. The van der Waals surface area contributed by atoms with Crippen LogP contribution in [0.3, 0.4) is 0 Å². The van der Waals surface area contributed by atoms with Gasteiger partial charge in [-0.05, 0) is 31.2 Å². The molecule has 1 saturated carbocycles. The van der Waals surface area contributed by atoms with Gasteiger partial charge in [0.1, 0.15) is 0 Å². The maximum absolute atomic E-state index is 12.7. The number of carbonyl (C=O) groups is 1. The maximum Gasteiger partial charge on any atom is 0.270 e. The summed E-state index contributed by atoms with van der Waals surface area (Å²) in [5.41, 5.74) is 0.152. The van der Waals surface area contributed by atoms with Crippen molar-refractivity contribution in [2.75, 3.05) is 6.54 Å². The molecule has 3 rings (SSSR count). The summed E-state index contributed by atoms with van der Waals surface area (Å²) in [7, 11) is 0. The number of rotatable bonds is 2. The Balaban J connectivity index is 1.88. The van der Waals surface area contributed by atoms with E-state index in [-0.39, 0.29) is 28.2 Å². The SMILES string of the molecule is O=C(c1cc([N+](=O)[O-])ccc1Cl)N1CCC2CCCCC21. The van der Waals surface area contributed by atoms with Crippen LogP contribution in [-0.2, 0) is 0 Å². The molecular weight excluding hydrogens is 292 g/mol. The zero-order valence-corrected chi connectivity index (χ0v) is 12.4. The van der Waals surface area contributed by atoms with Crippen LogP contribution in [-0.4, -0.2) is 28.3 Å². The monoisotopic (exact) mass is 308 g/mol. The minimum absolute atomic E-state index is 0.0952. The number of halogens is 1. The summed E-state index contributed by atoms with van der Waals surface area (Å²) < 4.78 is 0. The lowest BCUT2D eigenvalue weighted by Gasteiger charge is -2.31. The summed E-state index contributed by atoms with van der Waals surface area (Å²) in [4.78, 5) is 25.0. The van der Waals surface area contributed by atoms with Crippen LogP contribution in [0, 0.1) is 16.0 Å². The molecule has 5 nitrogen and oxygen atoms in total. The van der Waals surface area contributed by atoms with Gasteiger partial charge in [-0.2, -0.15) is 0 Å². The summed E-state index contributed by atoms with van der Waals surface area (Å²) in [6, 6.07) is 4.33. The first-order valence-corrected chi connectivity index (χ1v) is 7.70. The number of likely N-dealkylation sites (tertiary alicyclic amines) is 1. The Labute approximate surface area is 128 Å². The second-order valence-corrected chi connectivity index (χ2v) is 6.23. The van der Waals surface area contributed by atoms with Gasteiger partial charge in [-0.15, -0.1) is 0 Å². The van der Waals surface area contributed by atoms with Gasteiger partial charge in [0.15, 0.2) is 0 Å². The van der Waals surface area contributed by atoms with Crippen molar-refractivity contribution in [3.63, 3.8) is 0 Å². The molecular formula is C15H17ClN2O3. The Morgan fingerprint density at radius 2 is 2.05 bits per heavy atom. The molecule has 1 saturated heterocycles.